The first-order chi connectivity index (χ1) is 11.2. The van der Waals surface area contributed by atoms with Gasteiger partial charge in [0.15, 0.2) is 0 Å². The van der Waals surface area contributed by atoms with Gasteiger partial charge in [-0.1, -0.05) is 18.2 Å². The van der Waals surface area contributed by atoms with Gasteiger partial charge < -0.3 is 0 Å². The lowest BCUT2D eigenvalue weighted by Crippen LogP contribution is -2.13. The predicted octanol–water partition coefficient (Wildman–Crippen LogP) is 4.16. The third-order valence-corrected chi connectivity index (χ3v) is 4.68. The Hall–Kier alpha value is -2.79. The fraction of sp³-hybridized carbons (Fsp3) is 0.0556. The third-order valence-electron chi connectivity index (χ3n) is 3.65. The van der Waals surface area contributed by atoms with E-state index in [0.29, 0.717) is 5.56 Å². The zero-order chi connectivity index (χ0) is 15.8. The summed E-state index contributed by atoms with van der Waals surface area (Å²) in [6, 6.07) is 15.4. The minimum atomic E-state index is -0.150. The number of pyridine rings is 1. The molecule has 0 aliphatic rings. The molecule has 0 spiro atoms. The van der Waals surface area contributed by atoms with Crippen molar-refractivity contribution < 1.29 is 4.79 Å². The molecule has 3 heterocycles. The van der Waals surface area contributed by atoms with Gasteiger partial charge in [-0.05, 0) is 37.3 Å². The summed E-state index contributed by atoms with van der Waals surface area (Å²) >= 11 is 1.67. The molecule has 0 atom stereocenters. The van der Waals surface area contributed by atoms with E-state index < -0.39 is 0 Å². The maximum Gasteiger partial charge on any atom is 0.278 e. The van der Waals surface area contributed by atoms with E-state index >= 15 is 0 Å². The second-order valence-corrected chi connectivity index (χ2v) is 6.53. The normalized spacial score (nSPS) is 11.0. The number of nitrogens with zero attached hydrogens (tertiary/aromatic N) is 3. The Kier molecular flexibility index (Phi) is 3.28. The van der Waals surface area contributed by atoms with Crippen molar-refractivity contribution in [2.24, 2.45) is 0 Å². The van der Waals surface area contributed by atoms with E-state index in [4.69, 9.17) is 4.98 Å². The minimum Gasteiger partial charge on any atom is -0.267 e. The van der Waals surface area contributed by atoms with Crippen LogP contribution >= 0.6 is 11.3 Å². The quantitative estimate of drug-likeness (QED) is 0.557. The molecule has 1 aromatic carbocycles. The number of carbonyl (C=O) groups is 1. The molecule has 0 bridgehead atoms. The van der Waals surface area contributed by atoms with Crippen molar-refractivity contribution in [3.05, 3.63) is 71.4 Å². The van der Waals surface area contributed by atoms with Crippen LogP contribution in [0.3, 0.4) is 0 Å². The highest BCUT2D eigenvalue weighted by molar-refractivity contribution is 7.15. The highest BCUT2D eigenvalue weighted by Gasteiger charge is 2.16. The summed E-state index contributed by atoms with van der Waals surface area (Å²) in [6.07, 6.45) is 3.26. The Labute approximate surface area is 137 Å². The molecule has 0 radical (unpaired) electrons. The van der Waals surface area contributed by atoms with Gasteiger partial charge in [0.2, 0.25) is 0 Å². The molecule has 0 fully saturated rings. The van der Waals surface area contributed by atoms with Gasteiger partial charge in [0, 0.05) is 22.7 Å². The van der Waals surface area contributed by atoms with Gasteiger partial charge in [0.05, 0.1) is 21.7 Å². The van der Waals surface area contributed by atoms with Crippen LogP contribution in [0.2, 0.25) is 0 Å². The van der Waals surface area contributed by atoms with Gasteiger partial charge >= 0.3 is 0 Å². The second kappa shape index (κ2) is 5.44. The molecule has 4 nitrogen and oxygen atoms in total. The van der Waals surface area contributed by atoms with E-state index in [1.54, 1.807) is 29.8 Å². The molecule has 4 rings (SSSR count). The van der Waals surface area contributed by atoms with Crippen LogP contribution < -0.4 is 0 Å². The lowest BCUT2D eigenvalue weighted by molar-refractivity contribution is 0.0946. The zero-order valence-electron chi connectivity index (χ0n) is 12.4. The number of hydrogen-bond acceptors (Lipinski definition) is 4. The third kappa shape index (κ3) is 2.45. The number of aromatic nitrogens is 3. The van der Waals surface area contributed by atoms with Crippen molar-refractivity contribution in [2.75, 3.05) is 0 Å². The van der Waals surface area contributed by atoms with Gasteiger partial charge in [0.25, 0.3) is 5.91 Å². The lowest BCUT2D eigenvalue weighted by Gasteiger charge is -2.08. The van der Waals surface area contributed by atoms with Crippen molar-refractivity contribution in [2.45, 2.75) is 6.92 Å². The number of hydrogen-bond donors (Lipinski definition) is 0. The number of rotatable bonds is 2. The Bertz CT molecular complexity index is 1000. The van der Waals surface area contributed by atoms with Crippen LogP contribution in [0.25, 0.3) is 21.5 Å². The van der Waals surface area contributed by atoms with E-state index in [0.717, 1.165) is 21.5 Å². The van der Waals surface area contributed by atoms with Gasteiger partial charge in [-0.2, -0.15) is 5.10 Å². The van der Waals surface area contributed by atoms with Crippen LogP contribution in [0.1, 0.15) is 15.2 Å². The SMILES string of the molecule is Cc1ccc(-c2cc(C(=O)n3cccn3)c3ccccc3n2)s1. The molecule has 0 unspecified atom stereocenters. The van der Waals surface area contributed by atoms with Gasteiger partial charge in [-0.3, -0.25) is 4.79 Å². The molecule has 5 heteroatoms. The first-order valence-electron chi connectivity index (χ1n) is 7.23. The number of fused-ring (bicyclic) bond motifs is 1. The van der Waals surface area contributed by atoms with Crippen LogP contribution in [0.4, 0.5) is 0 Å². The maximum atomic E-state index is 12.8. The Morgan fingerprint density at radius 1 is 1.13 bits per heavy atom. The van der Waals surface area contributed by atoms with Crippen LogP contribution in [-0.2, 0) is 0 Å². The summed E-state index contributed by atoms with van der Waals surface area (Å²) in [5.41, 5.74) is 2.24. The molecule has 3 aromatic heterocycles. The number of aryl methyl sites for hydroxylation is 1. The molecule has 4 aromatic rings. The van der Waals surface area contributed by atoms with E-state index in [2.05, 4.69) is 18.1 Å². The molecular formula is C18H13N3OS. The zero-order valence-corrected chi connectivity index (χ0v) is 13.2. The molecule has 0 aliphatic heterocycles. The average molecular weight is 319 g/mol. The minimum absolute atomic E-state index is 0.150. The van der Waals surface area contributed by atoms with E-state index in [-0.39, 0.29) is 5.91 Å². The summed E-state index contributed by atoms with van der Waals surface area (Å²) in [5, 5.41) is 4.89. The number of benzene rings is 1. The predicted molar refractivity (Wildman–Crippen MR) is 91.7 cm³/mol. The van der Waals surface area contributed by atoms with Crippen molar-refractivity contribution in [1.82, 2.24) is 14.8 Å². The molecule has 0 saturated carbocycles. The summed E-state index contributed by atoms with van der Waals surface area (Å²) in [4.78, 5) is 19.8. The van der Waals surface area contributed by atoms with E-state index in [1.165, 1.54) is 9.56 Å². The van der Waals surface area contributed by atoms with Gasteiger partial charge in [0.1, 0.15) is 0 Å². The van der Waals surface area contributed by atoms with E-state index in [1.807, 2.05) is 36.4 Å². The van der Waals surface area contributed by atoms with Crippen LogP contribution in [0.15, 0.2) is 60.9 Å². The molecule has 0 aliphatic carbocycles. The summed E-state index contributed by atoms with van der Waals surface area (Å²) in [7, 11) is 0. The van der Waals surface area contributed by atoms with Crippen molar-refractivity contribution >= 4 is 28.1 Å². The highest BCUT2D eigenvalue weighted by Crippen LogP contribution is 2.30. The second-order valence-electron chi connectivity index (χ2n) is 5.24. The summed E-state index contributed by atoms with van der Waals surface area (Å²) < 4.78 is 1.35. The number of carbonyl (C=O) groups excluding carboxylic acids is 1. The molecule has 0 saturated heterocycles. The van der Waals surface area contributed by atoms with Crippen LogP contribution in [-0.4, -0.2) is 20.7 Å². The van der Waals surface area contributed by atoms with Crippen molar-refractivity contribution in [3.63, 3.8) is 0 Å². The Morgan fingerprint density at radius 2 is 2.00 bits per heavy atom. The Morgan fingerprint density at radius 3 is 2.74 bits per heavy atom. The number of thiophene rings is 1. The monoisotopic (exact) mass is 319 g/mol. The van der Waals surface area contributed by atoms with Crippen molar-refractivity contribution in [3.8, 4) is 10.6 Å². The first-order valence-corrected chi connectivity index (χ1v) is 8.05. The maximum absolute atomic E-state index is 12.8. The topological polar surface area (TPSA) is 47.8 Å². The molecule has 23 heavy (non-hydrogen) atoms. The van der Waals surface area contributed by atoms with E-state index in [9.17, 15) is 4.79 Å². The largest absolute Gasteiger partial charge is 0.278 e. The highest BCUT2D eigenvalue weighted by atomic mass is 32.1. The summed E-state index contributed by atoms with van der Waals surface area (Å²) in [5.74, 6) is -0.150. The summed E-state index contributed by atoms with van der Waals surface area (Å²) in [6.45, 7) is 2.06. The molecule has 0 N–H and O–H groups in total. The van der Waals surface area contributed by atoms with Crippen LogP contribution in [0.5, 0.6) is 0 Å². The molecule has 0 amide bonds. The van der Waals surface area contributed by atoms with Gasteiger partial charge in [-0.25, -0.2) is 9.67 Å². The molecule has 112 valence electrons. The van der Waals surface area contributed by atoms with Crippen LogP contribution in [0, 0.1) is 6.92 Å². The smallest absolute Gasteiger partial charge is 0.267 e. The van der Waals surface area contributed by atoms with Gasteiger partial charge in [-0.15, -0.1) is 11.3 Å². The fourth-order valence-corrected chi connectivity index (χ4v) is 3.39. The fourth-order valence-electron chi connectivity index (χ4n) is 2.56. The van der Waals surface area contributed by atoms with Crippen molar-refractivity contribution in [1.29, 1.82) is 0 Å². The Balaban J connectivity index is 1.96. The number of para-hydroxylation sites is 1. The molecular weight excluding hydrogens is 306 g/mol. The lowest BCUT2D eigenvalue weighted by atomic mass is 10.1. The first kappa shape index (κ1) is 13.8. The average Bonchev–Trinajstić information content (AvgIpc) is 3.24. The standard InChI is InChI=1S/C18H13N3OS/c1-12-7-8-17(23-12)16-11-14(18(22)21-10-4-9-19-21)13-5-2-3-6-15(13)20-16/h2-11H,1H3.